The summed E-state index contributed by atoms with van der Waals surface area (Å²) in [6, 6.07) is 43.0. The van der Waals surface area contributed by atoms with Gasteiger partial charge < -0.3 is 20.4 Å². The Kier molecular flexibility index (Phi) is 9.90. The van der Waals surface area contributed by atoms with E-state index >= 15 is 0 Å². The summed E-state index contributed by atoms with van der Waals surface area (Å²) in [6.45, 7) is 0. The van der Waals surface area contributed by atoms with Gasteiger partial charge in [0.1, 0.15) is 17.2 Å². The van der Waals surface area contributed by atoms with Crippen LogP contribution in [-0.4, -0.2) is 23.5 Å². The number of carbonyl (C=O) groups is 3. The lowest BCUT2D eigenvalue weighted by atomic mass is 10.1. The number of anilines is 2. The summed E-state index contributed by atoms with van der Waals surface area (Å²) in [6.07, 6.45) is 1.86. The van der Waals surface area contributed by atoms with Crippen molar-refractivity contribution in [2.45, 2.75) is 11.3 Å². The van der Waals surface area contributed by atoms with E-state index in [1.807, 2.05) is 97.1 Å². The molecule has 5 aromatic carbocycles. The molecular formula is C39H31N3O4S. The highest BCUT2D eigenvalue weighted by Crippen LogP contribution is 2.26. The van der Waals surface area contributed by atoms with Crippen LogP contribution in [0.2, 0.25) is 0 Å². The SMILES string of the molecule is O=C(CCSc1ccc(NC(=O)C(=Cc2ccc(-c3ccccc3)o2)NC(=O)c2ccccc2)cc1)Nc1cccc2ccccc12. The van der Waals surface area contributed by atoms with Gasteiger partial charge in [0.2, 0.25) is 5.91 Å². The first-order chi connectivity index (χ1) is 23.0. The Morgan fingerprint density at radius 3 is 2.17 bits per heavy atom. The van der Waals surface area contributed by atoms with Gasteiger partial charge in [0.15, 0.2) is 0 Å². The number of carbonyl (C=O) groups excluding carboxylic acids is 3. The monoisotopic (exact) mass is 637 g/mol. The molecule has 8 heteroatoms. The minimum Gasteiger partial charge on any atom is -0.457 e. The van der Waals surface area contributed by atoms with Crippen LogP contribution in [0.4, 0.5) is 11.4 Å². The maximum atomic E-state index is 13.4. The molecule has 3 amide bonds. The van der Waals surface area contributed by atoms with Crippen molar-refractivity contribution in [2.24, 2.45) is 0 Å². The van der Waals surface area contributed by atoms with Crippen LogP contribution < -0.4 is 16.0 Å². The van der Waals surface area contributed by atoms with Crippen LogP contribution in [0.3, 0.4) is 0 Å². The summed E-state index contributed by atoms with van der Waals surface area (Å²) in [7, 11) is 0. The van der Waals surface area contributed by atoms with Crippen molar-refractivity contribution in [1.82, 2.24) is 5.32 Å². The maximum Gasteiger partial charge on any atom is 0.272 e. The zero-order valence-electron chi connectivity index (χ0n) is 25.3. The number of furan rings is 1. The molecule has 1 aromatic heterocycles. The van der Waals surface area contributed by atoms with E-state index in [0.717, 1.165) is 26.9 Å². The lowest BCUT2D eigenvalue weighted by molar-refractivity contribution is -0.116. The van der Waals surface area contributed by atoms with Crippen molar-refractivity contribution < 1.29 is 18.8 Å². The molecule has 47 heavy (non-hydrogen) atoms. The van der Waals surface area contributed by atoms with E-state index in [4.69, 9.17) is 4.42 Å². The van der Waals surface area contributed by atoms with Gasteiger partial charge in [-0.1, -0.05) is 84.9 Å². The average molecular weight is 638 g/mol. The lowest BCUT2D eigenvalue weighted by Gasteiger charge is -2.11. The minimum absolute atomic E-state index is 0.0310. The molecule has 6 rings (SSSR count). The zero-order valence-corrected chi connectivity index (χ0v) is 26.1. The summed E-state index contributed by atoms with van der Waals surface area (Å²) in [5.74, 6) is 0.677. The van der Waals surface area contributed by atoms with Crippen LogP contribution >= 0.6 is 11.8 Å². The standard InChI is InChI=1S/C39H31N3O4S/c43-37(41-34-17-9-15-27-10-7-8-16-33(27)34)24-25-47-32-21-18-30(19-22-32)40-39(45)35(42-38(44)29-13-5-2-6-14-29)26-31-20-23-36(46-31)28-11-3-1-4-12-28/h1-23,26H,24-25H2,(H,40,45)(H,41,43)(H,42,44). The number of rotatable bonds is 11. The molecule has 0 unspecified atom stereocenters. The van der Waals surface area contributed by atoms with E-state index < -0.39 is 11.8 Å². The Morgan fingerprint density at radius 2 is 1.38 bits per heavy atom. The van der Waals surface area contributed by atoms with Gasteiger partial charge in [0.05, 0.1) is 0 Å². The van der Waals surface area contributed by atoms with Crippen LogP contribution in [0.15, 0.2) is 155 Å². The van der Waals surface area contributed by atoms with Gasteiger partial charge in [-0.25, -0.2) is 0 Å². The van der Waals surface area contributed by atoms with Crippen LogP contribution in [0, 0.1) is 0 Å². The molecule has 0 aliphatic carbocycles. The van der Waals surface area contributed by atoms with Crippen molar-refractivity contribution in [3.63, 3.8) is 0 Å². The normalized spacial score (nSPS) is 11.2. The van der Waals surface area contributed by atoms with E-state index in [1.165, 1.54) is 6.08 Å². The fourth-order valence-corrected chi connectivity index (χ4v) is 5.77. The van der Waals surface area contributed by atoms with Gasteiger partial charge in [0.25, 0.3) is 11.8 Å². The molecule has 0 saturated carbocycles. The molecule has 232 valence electrons. The van der Waals surface area contributed by atoms with Crippen molar-refractivity contribution in [3.05, 3.63) is 157 Å². The maximum absolute atomic E-state index is 13.4. The third-order valence-corrected chi connectivity index (χ3v) is 8.29. The van der Waals surface area contributed by atoms with Gasteiger partial charge in [-0.3, -0.25) is 14.4 Å². The predicted octanol–water partition coefficient (Wildman–Crippen LogP) is 8.63. The van der Waals surface area contributed by atoms with E-state index in [-0.39, 0.29) is 11.6 Å². The number of hydrogen-bond donors (Lipinski definition) is 3. The fourth-order valence-electron chi connectivity index (χ4n) is 4.91. The quantitative estimate of drug-likeness (QED) is 0.0976. The molecule has 7 nitrogen and oxygen atoms in total. The Bertz CT molecular complexity index is 2030. The highest BCUT2D eigenvalue weighted by molar-refractivity contribution is 7.99. The van der Waals surface area contributed by atoms with Crippen LogP contribution in [0.1, 0.15) is 22.5 Å². The van der Waals surface area contributed by atoms with Gasteiger partial charge in [0, 0.05) is 51.0 Å². The Balaban J connectivity index is 1.08. The van der Waals surface area contributed by atoms with Gasteiger partial charge in [-0.2, -0.15) is 0 Å². The number of thioether (sulfide) groups is 1. The number of benzene rings is 5. The Morgan fingerprint density at radius 1 is 0.681 bits per heavy atom. The largest absolute Gasteiger partial charge is 0.457 e. The number of hydrogen-bond acceptors (Lipinski definition) is 5. The molecule has 6 aromatic rings. The average Bonchev–Trinajstić information content (AvgIpc) is 3.58. The van der Waals surface area contributed by atoms with E-state index in [2.05, 4.69) is 16.0 Å². The summed E-state index contributed by atoms with van der Waals surface area (Å²) >= 11 is 1.55. The van der Waals surface area contributed by atoms with Gasteiger partial charge in [-0.05, 0) is 60.0 Å². The second kappa shape index (κ2) is 14.9. The first-order valence-electron chi connectivity index (χ1n) is 15.1. The second-order valence-electron chi connectivity index (χ2n) is 10.6. The smallest absolute Gasteiger partial charge is 0.272 e. The van der Waals surface area contributed by atoms with E-state index in [9.17, 15) is 14.4 Å². The summed E-state index contributed by atoms with van der Waals surface area (Å²) in [5, 5.41) is 10.7. The van der Waals surface area contributed by atoms with Crippen LogP contribution in [0.25, 0.3) is 28.2 Å². The van der Waals surface area contributed by atoms with Crippen molar-refractivity contribution in [1.29, 1.82) is 0 Å². The second-order valence-corrected chi connectivity index (χ2v) is 11.8. The number of fused-ring (bicyclic) bond motifs is 1. The van der Waals surface area contributed by atoms with Gasteiger partial charge >= 0.3 is 0 Å². The van der Waals surface area contributed by atoms with Crippen molar-refractivity contribution in [2.75, 3.05) is 16.4 Å². The van der Waals surface area contributed by atoms with Crippen LogP contribution in [-0.2, 0) is 9.59 Å². The highest BCUT2D eigenvalue weighted by atomic mass is 32.2. The molecule has 0 aliphatic heterocycles. The van der Waals surface area contributed by atoms with Gasteiger partial charge in [-0.15, -0.1) is 11.8 Å². The molecule has 1 heterocycles. The molecule has 3 N–H and O–H groups in total. The molecule has 0 aliphatic rings. The molecule has 0 radical (unpaired) electrons. The first kappa shape index (κ1) is 31.1. The molecule has 0 atom stereocenters. The third kappa shape index (κ3) is 8.25. The molecule has 0 fully saturated rings. The van der Waals surface area contributed by atoms with E-state index in [1.54, 1.807) is 54.2 Å². The molecule has 0 bridgehead atoms. The minimum atomic E-state index is -0.502. The summed E-state index contributed by atoms with van der Waals surface area (Å²) in [5.41, 5.74) is 2.70. The zero-order chi connectivity index (χ0) is 32.4. The predicted molar refractivity (Wildman–Crippen MR) is 189 cm³/mol. The summed E-state index contributed by atoms with van der Waals surface area (Å²) in [4.78, 5) is 40.0. The third-order valence-electron chi connectivity index (χ3n) is 7.27. The molecule has 0 spiro atoms. The van der Waals surface area contributed by atoms with E-state index in [0.29, 0.717) is 34.9 Å². The Labute approximate surface area is 276 Å². The number of nitrogens with one attached hydrogen (secondary N) is 3. The van der Waals surface area contributed by atoms with Crippen molar-refractivity contribution in [3.8, 4) is 11.3 Å². The molecular weight excluding hydrogens is 607 g/mol. The lowest BCUT2D eigenvalue weighted by Crippen LogP contribution is -2.30. The number of amides is 3. The van der Waals surface area contributed by atoms with Crippen molar-refractivity contribution >= 4 is 57.7 Å². The highest BCUT2D eigenvalue weighted by Gasteiger charge is 2.16. The van der Waals surface area contributed by atoms with Crippen LogP contribution in [0.5, 0.6) is 0 Å². The molecule has 0 saturated heterocycles. The topological polar surface area (TPSA) is 100 Å². The fraction of sp³-hybridized carbons (Fsp3) is 0.0513. The Hall–Kier alpha value is -5.86. The summed E-state index contributed by atoms with van der Waals surface area (Å²) < 4.78 is 5.97. The first-order valence-corrected chi connectivity index (χ1v) is 16.1.